The number of aliphatic carboxylic acids is 1. The summed E-state index contributed by atoms with van der Waals surface area (Å²) in [5.41, 5.74) is 2.43. The van der Waals surface area contributed by atoms with E-state index in [4.69, 9.17) is 14.6 Å². The lowest BCUT2D eigenvalue weighted by molar-refractivity contribution is -0.149. The summed E-state index contributed by atoms with van der Waals surface area (Å²) < 4.78 is 10.7. The van der Waals surface area contributed by atoms with Gasteiger partial charge in [-0.15, -0.1) is 0 Å². The fourth-order valence-corrected chi connectivity index (χ4v) is 1.38. The molecule has 0 aliphatic rings. The van der Waals surface area contributed by atoms with Crippen molar-refractivity contribution in [1.82, 2.24) is 0 Å². The van der Waals surface area contributed by atoms with Crippen molar-refractivity contribution in [3.63, 3.8) is 0 Å². The molecule has 4 nitrogen and oxygen atoms in total. The van der Waals surface area contributed by atoms with Crippen molar-refractivity contribution < 1.29 is 19.4 Å². The molecule has 1 aromatic rings. The SMILES string of the molecule is Cc1ccc(OCCCOC(C)C(=O)O)cc1C. The van der Waals surface area contributed by atoms with Crippen molar-refractivity contribution in [3.05, 3.63) is 29.3 Å². The van der Waals surface area contributed by atoms with E-state index < -0.39 is 12.1 Å². The highest BCUT2D eigenvalue weighted by atomic mass is 16.5. The van der Waals surface area contributed by atoms with Crippen molar-refractivity contribution in [2.75, 3.05) is 13.2 Å². The molecule has 0 aliphatic heterocycles. The zero-order chi connectivity index (χ0) is 13.5. The molecule has 100 valence electrons. The lowest BCUT2D eigenvalue weighted by atomic mass is 10.1. The Morgan fingerprint density at radius 2 is 2.00 bits per heavy atom. The zero-order valence-corrected chi connectivity index (χ0v) is 11.1. The van der Waals surface area contributed by atoms with Gasteiger partial charge < -0.3 is 14.6 Å². The predicted molar refractivity (Wildman–Crippen MR) is 69.1 cm³/mol. The van der Waals surface area contributed by atoms with E-state index in [0.717, 1.165) is 5.75 Å². The fraction of sp³-hybridized carbons (Fsp3) is 0.500. The van der Waals surface area contributed by atoms with Gasteiger partial charge in [0.25, 0.3) is 0 Å². The molecule has 0 spiro atoms. The molecule has 0 fully saturated rings. The summed E-state index contributed by atoms with van der Waals surface area (Å²) in [6.45, 7) is 6.53. The quantitative estimate of drug-likeness (QED) is 0.758. The summed E-state index contributed by atoms with van der Waals surface area (Å²) in [7, 11) is 0. The first kappa shape index (κ1) is 14.5. The van der Waals surface area contributed by atoms with Crippen LogP contribution in [-0.2, 0) is 9.53 Å². The smallest absolute Gasteiger partial charge is 0.332 e. The topological polar surface area (TPSA) is 55.8 Å². The molecule has 0 aromatic heterocycles. The summed E-state index contributed by atoms with van der Waals surface area (Å²) in [6.07, 6.45) is -0.0866. The van der Waals surface area contributed by atoms with Crippen LogP contribution in [0.25, 0.3) is 0 Å². The second-order valence-corrected chi connectivity index (χ2v) is 4.30. The van der Waals surface area contributed by atoms with Crippen LogP contribution in [0.1, 0.15) is 24.5 Å². The summed E-state index contributed by atoms with van der Waals surface area (Å²) in [4.78, 5) is 10.5. The molecule has 0 saturated heterocycles. The number of ether oxygens (including phenoxy) is 2. The Hall–Kier alpha value is -1.55. The zero-order valence-electron chi connectivity index (χ0n) is 11.1. The number of benzene rings is 1. The lowest BCUT2D eigenvalue weighted by Gasteiger charge is -2.10. The number of carboxylic acids is 1. The molecule has 1 rings (SSSR count). The van der Waals surface area contributed by atoms with E-state index >= 15 is 0 Å². The number of hydrogen-bond acceptors (Lipinski definition) is 3. The normalized spacial score (nSPS) is 12.2. The molecule has 0 amide bonds. The molecular weight excluding hydrogens is 232 g/mol. The Bertz CT molecular complexity index is 401. The highest BCUT2D eigenvalue weighted by molar-refractivity contribution is 5.71. The molecule has 1 N–H and O–H groups in total. The maximum atomic E-state index is 10.5. The van der Waals surface area contributed by atoms with E-state index in [1.807, 2.05) is 25.1 Å². The first-order valence-electron chi connectivity index (χ1n) is 6.05. The maximum absolute atomic E-state index is 10.5. The molecule has 0 bridgehead atoms. The molecule has 1 atom stereocenters. The van der Waals surface area contributed by atoms with Crippen LogP contribution in [0.4, 0.5) is 0 Å². The largest absolute Gasteiger partial charge is 0.493 e. The van der Waals surface area contributed by atoms with Crippen LogP contribution in [0.5, 0.6) is 5.75 Å². The summed E-state index contributed by atoms with van der Waals surface area (Å²) in [6, 6.07) is 5.95. The first-order valence-corrected chi connectivity index (χ1v) is 6.05. The van der Waals surface area contributed by atoms with Crippen molar-refractivity contribution >= 4 is 5.97 Å². The fourth-order valence-electron chi connectivity index (χ4n) is 1.38. The van der Waals surface area contributed by atoms with E-state index in [1.54, 1.807) is 0 Å². The summed E-state index contributed by atoms with van der Waals surface area (Å²) in [5.74, 6) is -0.102. The van der Waals surface area contributed by atoms with Crippen molar-refractivity contribution in [2.24, 2.45) is 0 Å². The number of carbonyl (C=O) groups is 1. The number of hydrogen-bond donors (Lipinski definition) is 1. The van der Waals surface area contributed by atoms with Crippen molar-refractivity contribution in [2.45, 2.75) is 33.3 Å². The number of aryl methyl sites for hydroxylation is 2. The number of carboxylic acid groups (broad SMARTS) is 1. The van der Waals surface area contributed by atoms with Crippen LogP contribution in [0.15, 0.2) is 18.2 Å². The molecule has 0 aliphatic carbocycles. The molecule has 1 aromatic carbocycles. The Morgan fingerprint density at radius 3 is 2.61 bits per heavy atom. The molecular formula is C14H20O4. The minimum atomic E-state index is -0.940. The van der Waals surface area contributed by atoms with Gasteiger partial charge in [-0.25, -0.2) is 4.79 Å². The van der Waals surface area contributed by atoms with Gasteiger partial charge in [0.2, 0.25) is 0 Å². The summed E-state index contributed by atoms with van der Waals surface area (Å²) in [5, 5.41) is 8.62. The average molecular weight is 252 g/mol. The van der Waals surface area contributed by atoms with E-state index in [1.165, 1.54) is 18.1 Å². The Labute approximate surface area is 108 Å². The lowest BCUT2D eigenvalue weighted by Crippen LogP contribution is -2.20. The van der Waals surface area contributed by atoms with Crippen molar-refractivity contribution in [3.8, 4) is 5.75 Å². The second kappa shape index (κ2) is 7.01. The van der Waals surface area contributed by atoms with Crippen LogP contribution < -0.4 is 4.74 Å². The van der Waals surface area contributed by atoms with E-state index in [2.05, 4.69) is 6.92 Å². The van der Waals surface area contributed by atoms with Crippen molar-refractivity contribution in [1.29, 1.82) is 0 Å². The molecule has 0 heterocycles. The van der Waals surface area contributed by atoms with Gasteiger partial charge in [-0.05, 0) is 44.0 Å². The molecule has 0 radical (unpaired) electrons. The van der Waals surface area contributed by atoms with Gasteiger partial charge in [0.15, 0.2) is 6.10 Å². The monoisotopic (exact) mass is 252 g/mol. The van der Waals surface area contributed by atoms with Gasteiger partial charge in [-0.2, -0.15) is 0 Å². The van der Waals surface area contributed by atoms with Gasteiger partial charge in [0, 0.05) is 6.42 Å². The Kier molecular flexibility index (Phi) is 5.65. The third kappa shape index (κ3) is 4.75. The van der Waals surface area contributed by atoms with Crippen LogP contribution in [0.2, 0.25) is 0 Å². The number of rotatable bonds is 7. The van der Waals surface area contributed by atoms with Gasteiger partial charge >= 0.3 is 5.97 Å². The summed E-state index contributed by atoms with van der Waals surface area (Å²) >= 11 is 0. The minimum absolute atomic E-state index is 0.387. The highest BCUT2D eigenvalue weighted by Gasteiger charge is 2.09. The average Bonchev–Trinajstić information content (AvgIpc) is 2.32. The van der Waals surface area contributed by atoms with Crippen LogP contribution in [0.3, 0.4) is 0 Å². The van der Waals surface area contributed by atoms with E-state index in [9.17, 15) is 4.79 Å². The van der Waals surface area contributed by atoms with E-state index in [-0.39, 0.29) is 0 Å². The standard InChI is InChI=1S/C14H20O4/c1-10-5-6-13(9-11(10)2)18-8-4-7-17-12(3)14(15)16/h5-6,9,12H,4,7-8H2,1-3H3,(H,15,16). The van der Waals surface area contributed by atoms with Gasteiger partial charge in [-0.1, -0.05) is 6.07 Å². The van der Waals surface area contributed by atoms with Crippen LogP contribution in [-0.4, -0.2) is 30.4 Å². The van der Waals surface area contributed by atoms with Gasteiger partial charge in [0.1, 0.15) is 5.75 Å². The maximum Gasteiger partial charge on any atom is 0.332 e. The molecule has 18 heavy (non-hydrogen) atoms. The second-order valence-electron chi connectivity index (χ2n) is 4.30. The predicted octanol–water partition coefficient (Wildman–Crippen LogP) is 2.56. The molecule has 1 unspecified atom stereocenters. The van der Waals surface area contributed by atoms with Gasteiger partial charge in [-0.3, -0.25) is 0 Å². The Morgan fingerprint density at radius 1 is 1.28 bits per heavy atom. The molecule has 4 heteroatoms. The van der Waals surface area contributed by atoms with Crippen LogP contribution in [0, 0.1) is 13.8 Å². The highest BCUT2D eigenvalue weighted by Crippen LogP contribution is 2.16. The third-order valence-corrected chi connectivity index (χ3v) is 2.75. The Balaban J connectivity index is 2.22. The molecule has 0 saturated carbocycles. The van der Waals surface area contributed by atoms with Gasteiger partial charge in [0.05, 0.1) is 13.2 Å². The first-order chi connectivity index (χ1) is 8.50. The minimum Gasteiger partial charge on any atom is -0.493 e. The van der Waals surface area contributed by atoms with Crippen LogP contribution >= 0.6 is 0 Å². The third-order valence-electron chi connectivity index (χ3n) is 2.75. The van der Waals surface area contributed by atoms with E-state index in [0.29, 0.717) is 19.6 Å².